The van der Waals surface area contributed by atoms with Crippen LogP contribution in [0.5, 0.6) is 0 Å². The van der Waals surface area contributed by atoms with E-state index in [0.29, 0.717) is 0 Å². The molecule has 1 aromatic rings. The Hall–Kier alpha value is -1.22. The molecule has 2 rings (SSSR count). The summed E-state index contributed by atoms with van der Waals surface area (Å²) in [5.41, 5.74) is 2.60. The van der Waals surface area contributed by atoms with Gasteiger partial charge in [0, 0.05) is 6.20 Å². The van der Waals surface area contributed by atoms with Crippen molar-refractivity contribution < 1.29 is 0 Å². The van der Waals surface area contributed by atoms with E-state index in [1.165, 1.54) is 31.3 Å². The Morgan fingerprint density at radius 3 is 2.94 bits per heavy atom. The van der Waals surface area contributed by atoms with Crippen LogP contribution in [0.2, 0.25) is 0 Å². The average Bonchev–Trinajstić information content (AvgIpc) is 2.37. The molecule has 1 aliphatic carbocycles. The van der Waals surface area contributed by atoms with Gasteiger partial charge in [-0.3, -0.25) is 0 Å². The number of allylic oxidation sites excluding steroid dienone is 1. The summed E-state index contributed by atoms with van der Waals surface area (Å²) in [6.45, 7) is 5.05. The fraction of sp³-hybridized carbons (Fsp3) is 0.571. The maximum atomic E-state index is 4.55. The maximum Gasteiger partial charge on any atom is 0.125 e. The number of aryl methyl sites for hydroxylation is 1. The first-order valence-corrected chi connectivity index (χ1v) is 6.53. The lowest BCUT2D eigenvalue weighted by molar-refractivity contribution is 0.551. The highest BCUT2D eigenvalue weighted by atomic mass is 15.0. The van der Waals surface area contributed by atoms with Crippen molar-refractivity contribution in [3.8, 4) is 0 Å². The van der Waals surface area contributed by atoms with Gasteiger partial charge in [0.15, 0.2) is 0 Å². The molecule has 3 heteroatoms. The van der Waals surface area contributed by atoms with E-state index in [4.69, 9.17) is 0 Å². The number of nitrogens with zero attached hydrogens (tertiary/aromatic N) is 2. The Bertz CT molecular complexity index is 398. The van der Waals surface area contributed by atoms with Crippen molar-refractivity contribution in [1.82, 2.24) is 15.3 Å². The third-order valence-corrected chi connectivity index (χ3v) is 3.20. The van der Waals surface area contributed by atoms with E-state index < -0.39 is 0 Å². The van der Waals surface area contributed by atoms with E-state index in [1.807, 2.05) is 19.2 Å². The lowest BCUT2D eigenvalue weighted by Crippen LogP contribution is -2.24. The number of hydrogen-bond acceptors (Lipinski definition) is 3. The average molecular weight is 231 g/mol. The summed E-state index contributed by atoms with van der Waals surface area (Å²) in [5, 5.41) is 3.54. The standard InChI is InChI=1S/C14H21N3/c1-3-15-14(12-7-5-4-6-8-12)13-9-10-16-11(2)17-13/h7,9-10,14-15H,3-6,8H2,1-2H3. The van der Waals surface area contributed by atoms with Crippen LogP contribution in [0.1, 0.15) is 50.2 Å². The fourth-order valence-corrected chi connectivity index (χ4v) is 2.39. The monoisotopic (exact) mass is 231 g/mol. The van der Waals surface area contributed by atoms with E-state index in [1.54, 1.807) is 0 Å². The minimum atomic E-state index is 0.280. The third-order valence-electron chi connectivity index (χ3n) is 3.20. The molecule has 1 aromatic heterocycles. The van der Waals surface area contributed by atoms with Crippen LogP contribution in [0.15, 0.2) is 23.9 Å². The van der Waals surface area contributed by atoms with Gasteiger partial charge in [-0.15, -0.1) is 0 Å². The van der Waals surface area contributed by atoms with Crippen LogP contribution in [0.4, 0.5) is 0 Å². The van der Waals surface area contributed by atoms with Gasteiger partial charge in [0.25, 0.3) is 0 Å². The van der Waals surface area contributed by atoms with Gasteiger partial charge >= 0.3 is 0 Å². The van der Waals surface area contributed by atoms with E-state index in [2.05, 4.69) is 28.3 Å². The summed E-state index contributed by atoms with van der Waals surface area (Å²) in [5.74, 6) is 0.849. The van der Waals surface area contributed by atoms with Crippen LogP contribution in [0.3, 0.4) is 0 Å². The molecule has 3 nitrogen and oxygen atoms in total. The molecule has 0 amide bonds. The van der Waals surface area contributed by atoms with Gasteiger partial charge in [0.05, 0.1) is 11.7 Å². The number of aromatic nitrogens is 2. The molecule has 0 spiro atoms. The molecule has 92 valence electrons. The van der Waals surface area contributed by atoms with Crippen LogP contribution in [-0.4, -0.2) is 16.5 Å². The van der Waals surface area contributed by atoms with Crippen molar-refractivity contribution in [3.05, 3.63) is 35.4 Å². The van der Waals surface area contributed by atoms with Crippen LogP contribution in [0.25, 0.3) is 0 Å². The molecule has 1 heterocycles. The Morgan fingerprint density at radius 1 is 1.41 bits per heavy atom. The SMILES string of the molecule is CCNC(C1=CCCCC1)c1ccnc(C)n1. The normalized spacial score (nSPS) is 17.6. The smallest absolute Gasteiger partial charge is 0.125 e. The molecular formula is C14H21N3. The molecule has 0 aliphatic heterocycles. The van der Waals surface area contributed by atoms with E-state index in [-0.39, 0.29) is 6.04 Å². The van der Waals surface area contributed by atoms with Gasteiger partial charge in [0.1, 0.15) is 5.82 Å². The highest BCUT2D eigenvalue weighted by molar-refractivity contribution is 5.23. The number of likely N-dealkylation sites (N-methyl/N-ethyl adjacent to an activating group) is 1. The molecule has 1 N–H and O–H groups in total. The fourth-order valence-electron chi connectivity index (χ4n) is 2.39. The van der Waals surface area contributed by atoms with Crippen molar-refractivity contribution in [3.63, 3.8) is 0 Å². The predicted octanol–water partition coefficient (Wildman–Crippen LogP) is 2.94. The largest absolute Gasteiger partial charge is 0.306 e. The van der Waals surface area contributed by atoms with Gasteiger partial charge in [-0.2, -0.15) is 0 Å². The maximum absolute atomic E-state index is 4.55. The molecule has 0 fully saturated rings. The van der Waals surface area contributed by atoms with Crippen molar-refractivity contribution in [2.45, 2.75) is 45.6 Å². The topological polar surface area (TPSA) is 37.8 Å². The lowest BCUT2D eigenvalue weighted by Gasteiger charge is -2.23. The van der Waals surface area contributed by atoms with Gasteiger partial charge < -0.3 is 5.32 Å². The van der Waals surface area contributed by atoms with E-state index in [9.17, 15) is 0 Å². The Balaban J connectivity index is 2.24. The number of hydrogen-bond donors (Lipinski definition) is 1. The van der Waals surface area contributed by atoms with Crippen LogP contribution < -0.4 is 5.32 Å². The zero-order chi connectivity index (χ0) is 12.1. The van der Waals surface area contributed by atoms with Gasteiger partial charge in [-0.05, 0) is 45.2 Å². The van der Waals surface area contributed by atoms with Gasteiger partial charge in [-0.25, -0.2) is 9.97 Å². The minimum absolute atomic E-state index is 0.280. The highest BCUT2D eigenvalue weighted by Crippen LogP contribution is 2.28. The minimum Gasteiger partial charge on any atom is -0.306 e. The molecule has 1 atom stereocenters. The Morgan fingerprint density at radius 2 is 2.29 bits per heavy atom. The molecule has 1 unspecified atom stereocenters. The molecule has 0 aromatic carbocycles. The molecule has 1 aliphatic rings. The third kappa shape index (κ3) is 3.13. The van der Waals surface area contributed by atoms with Crippen molar-refractivity contribution in [1.29, 1.82) is 0 Å². The predicted molar refractivity (Wildman–Crippen MR) is 69.7 cm³/mol. The Kier molecular flexibility index (Phi) is 4.26. The summed E-state index contributed by atoms with van der Waals surface area (Å²) in [6.07, 6.45) is 9.27. The quantitative estimate of drug-likeness (QED) is 0.810. The van der Waals surface area contributed by atoms with Gasteiger partial charge in [0.2, 0.25) is 0 Å². The second kappa shape index (κ2) is 5.92. The zero-order valence-corrected chi connectivity index (χ0v) is 10.7. The van der Waals surface area contributed by atoms with Crippen molar-refractivity contribution in [2.75, 3.05) is 6.54 Å². The van der Waals surface area contributed by atoms with Crippen molar-refractivity contribution in [2.24, 2.45) is 0 Å². The van der Waals surface area contributed by atoms with Crippen molar-refractivity contribution >= 4 is 0 Å². The summed E-state index contributed by atoms with van der Waals surface area (Å²) in [4.78, 5) is 8.72. The van der Waals surface area contributed by atoms with Gasteiger partial charge in [-0.1, -0.05) is 18.6 Å². The second-order valence-electron chi connectivity index (χ2n) is 4.54. The first kappa shape index (κ1) is 12.2. The number of rotatable bonds is 4. The lowest BCUT2D eigenvalue weighted by atomic mass is 9.92. The van der Waals surface area contributed by atoms with Crippen LogP contribution >= 0.6 is 0 Å². The summed E-state index contributed by atoms with van der Waals surface area (Å²) >= 11 is 0. The van der Waals surface area contributed by atoms with Crippen LogP contribution in [0, 0.1) is 6.92 Å². The first-order valence-electron chi connectivity index (χ1n) is 6.53. The number of nitrogens with one attached hydrogen (secondary N) is 1. The second-order valence-corrected chi connectivity index (χ2v) is 4.54. The van der Waals surface area contributed by atoms with E-state index >= 15 is 0 Å². The van der Waals surface area contributed by atoms with E-state index in [0.717, 1.165) is 18.1 Å². The molecule has 0 saturated carbocycles. The summed E-state index contributed by atoms with van der Waals surface area (Å²) in [6, 6.07) is 2.30. The first-order chi connectivity index (χ1) is 8.31. The molecular weight excluding hydrogens is 210 g/mol. The summed E-state index contributed by atoms with van der Waals surface area (Å²) in [7, 11) is 0. The zero-order valence-electron chi connectivity index (χ0n) is 10.7. The molecule has 17 heavy (non-hydrogen) atoms. The molecule has 0 saturated heterocycles. The summed E-state index contributed by atoms with van der Waals surface area (Å²) < 4.78 is 0. The molecule has 0 radical (unpaired) electrons. The molecule has 0 bridgehead atoms. The Labute approximate surface area is 103 Å². The highest BCUT2D eigenvalue weighted by Gasteiger charge is 2.18. The van der Waals surface area contributed by atoms with Crippen LogP contribution in [-0.2, 0) is 0 Å².